The van der Waals surface area contributed by atoms with Gasteiger partial charge in [-0.25, -0.2) is 0 Å². The molecule has 0 radical (unpaired) electrons. The number of hydrogen-bond donors (Lipinski definition) is 0. The van der Waals surface area contributed by atoms with Crippen molar-refractivity contribution in [2.24, 2.45) is 7.05 Å². The summed E-state index contributed by atoms with van der Waals surface area (Å²) in [4.78, 5) is 2.41. The average Bonchev–Trinajstić information content (AvgIpc) is 2.52. The second kappa shape index (κ2) is 4.93. The van der Waals surface area contributed by atoms with Gasteiger partial charge in [0.2, 0.25) is 5.69 Å². The summed E-state index contributed by atoms with van der Waals surface area (Å²) in [7, 11) is 2.94. The molecule has 0 fully saturated rings. The summed E-state index contributed by atoms with van der Waals surface area (Å²) in [6, 6.07) is 13.5. The topological polar surface area (TPSA) is 7.12 Å². The van der Waals surface area contributed by atoms with Gasteiger partial charge in [-0.3, -0.25) is 0 Å². The molecule has 0 N–H and O–H groups in total. The Bertz CT molecular complexity index is 983. The number of rotatable bonds is 1. The lowest BCUT2D eigenvalue weighted by Crippen LogP contribution is -2.46. The lowest BCUT2D eigenvalue weighted by atomic mass is 9.91. The Morgan fingerprint density at radius 1 is 1.00 bits per heavy atom. The van der Waals surface area contributed by atoms with E-state index in [1.165, 1.54) is 44.2 Å². The van der Waals surface area contributed by atoms with Gasteiger partial charge in [-0.2, -0.15) is 4.57 Å². The molecule has 2 aromatic carbocycles. The average molecular weight is 334 g/mol. The Morgan fingerprint density at radius 2 is 1.75 bits per heavy atom. The van der Waals surface area contributed by atoms with Gasteiger partial charge in [-0.1, -0.05) is 43.9 Å². The third-order valence-corrected chi connectivity index (χ3v) is 7.29. The standard InChI is InChI=1S/C21H25N2Si/c1-14-10-11-15-8-7-9-16-19(15)18(14)21-20(23(16)3)17(24(4,5)6)12-13-22(21)2/h7-13H,1-6H3/q+1. The minimum atomic E-state index is -1.45. The van der Waals surface area contributed by atoms with E-state index in [4.69, 9.17) is 0 Å². The van der Waals surface area contributed by atoms with Crippen molar-refractivity contribution in [3.8, 4) is 11.3 Å². The summed E-state index contributed by atoms with van der Waals surface area (Å²) in [5, 5.41) is 4.24. The molecule has 122 valence electrons. The van der Waals surface area contributed by atoms with E-state index in [2.05, 4.69) is 92.7 Å². The van der Waals surface area contributed by atoms with E-state index in [0.717, 1.165) is 0 Å². The van der Waals surface area contributed by atoms with Crippen LogP contribution in [0.4, 0.5) is 11.4 Å². The van der Waals surface area contributed by atoms with Crippen LogP contribution in [0.15, 0.2) is 42.6 Å². The molecule has 3 aromatic rings. The molecule has 1 aromatic heterocycles. The first-order valence-corrected chi connectivity index (χ1v) is 12.1. The number of anilines is 2. The first-order valence-electron chi connectivity index (χ1n) is 8.60. The van der Waals surface area contributed by atoms with Crippen molar-refractivity contribution >= 4 is 35.4 Å². The van der Waals surface area contributed by atoms with Crippen LogP contribution in [0.5, 0.6) is 0 Å². The van der Waals surface area contributed by atoms with Gasteiger partial charge in [0.15, 0.2) is 6.20 Å². The molecule has 0 saturated carbocycles. The van der Waals surface area contributed by atoms with Crippen molar-refractivity contribution in [2.45, 2.75) is 26.6 Å². The van der Waals surface area contributed by atoms with E-state index in [-0.39, 0.29) is 0 Å². The highest BCUT2D eigenvalue weighted by Crippen LogP contribution is 2.46. The van der Waals surface area contributed by atoms with E-state index in [0.29, 0.717) is 0 Å². The molecule has 0 aliphatic carbocycles. The van der Waals surface area contributed by atoms with Crippen LogP contribution in [0.25, 0.3) is 22.0 Å². The van der Waals surface area contributed by atoms with E-state index >= 15 is 0 Å². The molecular formula is C21H25N2Si+. The SMILES string of the molecule is Cc1ccc2cccc3c2c1-c1c(c([Si](C)(C)C)cc[n+]1C)N3C. The van der Waals surface area contributed by atoms with Crippen LogP contribution < -0.4 is 14.7 Å². The molecule has 24 heavy (non-hydrogen) atoms. The lowest BCUT2D eigenvalue weighted by molar-refractivity contribution is -0.659. The van der Waals surface area contributed by atoms with Crippen LogP contribution in [-0.4, -0.2) is 15.1 Å². The normalized spacial score (nSPS) is 13.3. The summed E-state index contributed by atoms with van der Waals surface area (Å²) in [5.41, 5.74) is 6.84. The second-order valence-electron chi connectivity index (χ2n) is 7.98. The molecule has 0 atom stereocenters. The molecule has 0 spiro atoms. The molecule has 1 aliphatic heterocycles. The zero-order valence-corrected chi connectivity index (χ0v) is 16.4. The maximum Gasteiger partial charge on any atom is 0.237 e. The number of hydrogen-bond acceptors (Lipinski definition) is 1. The molecule has 0 bridgehead atoms. The van der Waals surface area contributed by atoms with Gasteiger partial charge in [0.05, 0.1) is 13.6 Å². The zero-order chi connectivity index (χ0) is 17.2. The highest BCUT2D eigenvalue weighted by atomic mass is 28.3. The number of pyridine rings is 1. The van der Waals surface area contributed by atoms with Gasteiger partial charge in [-0.05, 0) is 29.1 Å². The first kappa shape index (κ1) is 15.4. The molecule has 2 heterocycles. The van der Waals surface area contributed by atoms with Crippen LogP contribution in [0, 0.1) is 6.92 Å². The number of nitrogens with zero attached hydrogens (tertiary/aromatic N) is 2. The van der Waals surface area contributed by atoms with Crippen LogP contribution in [-0.2, 0) is 7.05 Å². The third kappa shape index (κ3) is 1.97. The largest absolute Gasteiger partial charge is 0.339 e. The number of fused-ring (bicyclic) bond motifs is 2. The van der Waals surface area contributed by atoms with E-state index in [1.807, 2.05) is 0 Å². The van der Waals surface area contributed by atoms with Crippen LogP contribution in [0.1, 0.15) is 5.56 Å². The molecule has 0 saturated heterocycles. The van der Waals surface area contributed by atoms with E-state index in [9.17, 15) is 0 Å². The lowest BCUT2D eigenvalue weighted by Gasteiger charge is -2.33. The molecule has 1 aliphatic rings. The summed E-state index contributed by atoms with van der Waals surface area (Å²) in [6.07, 6.45) is 2.24. The maximum absolute atomic E-state index is 2.43. The van der Waals surface area contributed by atoms with Crippen molar-refractivity contribution in [1.82, 2.24) is 0 Å². The Hall–Kier alpha value is -2.13. The monoisotopic (exact) mass is 333 g/mol. The Kier molecular flexibility index (Phi) is 3.16. The minimum absolute atomic E-state index is 1.32. The molecular weight excluding hydrogens is 308 g/mol. The number of aryl methyl sites for hydroxylation is 2. The summed E-state index contributed by atoms with van der Waals surface area (Å²) in [5.74, 6) is 0. The number of benzene rings is 2. The van der Waals surface area contributed by atoms with Crippen LogP contribution >= 0.6 is 0 Å². The van der Waals surface area contributed by atoms with Crippen molar-refractivity contribution in [3.63, 3.8) is 0 Å². The molecule has 3 heteroatoms. The smallest absolute Gasteiger partial charge is 0.237 e. The fraction of sp³-hybridized carbons (Fsp3) is 0.286. The van der Waals surface area contributed by atoms with Gasteiger partial charge in [0, 0.05) is 24.2 Å². The Morgan fingerprint density at radius 3 is 2.46 bits per heavy atom. The first-order chi connectivity index (χ1) is 11.3. The summed E-state index contributed by atoms with van der Waals surface area (Å²) in [6.45, 7) is 9.54. The van der Waals surface area contributed by atoms with Crippen LogP contribution in [0.2, 0.25) is 19.6 Å². The molecule has 0 amide bonds. The highest BCUT2D eigenvalue weighted by molar-refractivity contribution is 6.90. The summed E-state index contributed by atoms with van der Waals surface area (Å²) >= 11 is 0. The second-order valence-corrected chi connectivity index (χ2v) is 13.0. The zero-order valence-electron chi connectivity index (χ0n) is 15.4. The van der Waals surface area contributed by atoms with Crippen LogP contribution in [0.3, 0.4) is 0 Å². The quantitative estimate of drug-likeness (QED) is 0.476. The third-order valence-electron chi connectivity index (χ3n) is 5.27. The predicted octanol–water partition coefficient (Wildman–Crippen LogP) is 4.27. The fourth-order valence-electron chi connectivity index (χ4n) is 4.04. The van der Waals surface area contributed by atoms with Gasteiger partial charge in [0.1, 0.15) is 12.7 Å². The van der Waals surface area contributed by atoms with Crippen molar-refractivity contribution in [2.75, 3.05) is 11.9 Å². The number of aromatic nitrogens is 1. The highest BCUT2D eigenvalue weighted by Gasteiger charge is 2.35. The maximum atomic E-state index is 2.43. The van der Waals surface area contributed by atoms with Gasteiger partial charge in [-0.15, -0.1) is 0 Å². The van der Waals surface area contributed by atoms with Gasteiger partial charge in [0.25, 0.3) is 0 Å². The van der Waals surface area contributed by atoms with Crippen molar-refractivity contribution < 1.29 is 4.57 Å². The summed E-state index contributed by atoms with van der Waals surface area (Å²) < 4.78 is 2.30. The van der Waals surface area contributed by atoms with Gasteiger partial charge < -0.3 is 4.90 Å². The van der Waals surface area contributed by atoms with E-state index < -0.39 is 8.07 Å². The predicted molar refractivity (Wildman–Crippen MR) is 106 cm³/mol. The Labute approximate surface area is 145 Å². The molecule has 0 unspecified atom stereocenters. The fourth-order valence-corrected chi connectivity index (χ4v) is 5.61. The van der Waals surface area contributed by atoms with Gasteiger partial charge >= 0.3 is 0 Å². The molecule has 2 nitrogen and oxygen atoms in total. The minimum Gasteiger partial charge on any atom is -0.339 e. The van der Waals surface area contributed by atoms with E-state index in [1.54, 1.807) is 0 Å². The molecule has 4 rings (SSSR count). The van der Waals surface area contributed by atoms with Crippen molar-refractivity contribution in [1.29, 1.82) is 0 Å². The van der Waals surface area contributed by atoms with Crippen molar-refractivity contribution in [3.05, 3.63) is 48.2 Å². The Balaban J connectivity index is 2.25.